The number of amides is 1. The molecule has 2 aromatic rings. The van der Waals surface area contributed by atoms with Crippen molar-refractivity contribution < 1.29 is 13.6 Å². The van der Waals surface area contributed by atoms with E-state index >= 15 is 0 Å². The Morgan fingerprint density at radius 2 is 1.83 bits per heavy atom. The van der Waals surface area contributed by atoms with Gasteiger partial charge in [-0.05, 0) is 87.4 Å². The molecule has 2 heterocycles. The summed E-state index contributed by atoms with van der Waals surface area (Å²) in [6, 6.07) is 3.98. The highest BCUT2D eigenvalue weighted by Crippen LogP contribution is 2.30. The molecule has 0 saturated carbocycles. The summed E-state index contributed by atoms with van der Waals surface area (Å²) in [5, 5.41) is 3.09. The van der Waals surface area contributed by atoms with Crippen LogP contribution in [-0.4, -0.2) is 41.6 Å². The zero-order valence-electron chi connectivity index (χ0n) is 17.1. The van der Waals surface area contributed by atoms with Crippen LogP contribution >= 0.6 is 0 Å². The number of carbonyl (C=O) groups is 1. The van der Waals surface area contributed by atoms with Crippen LogP contribution in [0.1, 0.15) is 58.6 Å². The monoisotopic (exact) mass is 401 g/mol. The molecule has 1 N–H and O–H groups in total. The Balaban J connectivity index is 1.58. The summed E-state index contributed by atoms with van der Waals surface area (Å²) >= 11 is 0. The Labute approximate surface area is 170 Å². The second-order valence-electron chi connectivity index (χ2n) is 8.25. The summed E-state index contributed by atoms with van der Waals surface area (Å²) in [6.45, 7) is 6.10. The minimum absolute atomic E-state index is 0.0707. The predicted octanol–water partition coefficient (Wildman–Crippen LogP) is 3.83. The summed E-state index contributed by atoms with van der Waals surface area (Å²) < 4.78 is 29.1. The highest BCUT2D eigenvalue weighted by molar-refractivity contribution is 5.95. The number of halogens is 2. The first kappa shape index (κ1) is 20.1. The third kappa shape index (κ3) is 4.22. The fraction of sp³-hybridized carbons (Fsp3) is 0.522. The molecule has 29 heavy (non-hydrogen) atoms. The summed E-state index contributed by atoms with van der Waals surface area (Å²) in [6.07, 6.45) is 6.57. The molecular formula is C23H29F2N3O. The van der Waals surface area contributed by atoms with Crippen LogP contribution < -0.4 is 5.32 Å². The van der Waals surface area contributed by atoms with Crippen molar-refractivity contribution in [1.29, 1.82) is 0 Å². The van der Waals surface area contributed by atoms with Gasteiger partial charge in [-0.1, -0.05) is 6.07 Å². The van der Waals surface area contributed by atoms with Gasteiger partial charge in [0.1, 0.15) is 5.69 Å². The van der Waals surface area contributed by atoms with E-state index in [4.69, 9.17) is 0 Å². The number of hydrogen-bond donors (Lipinski definition) is 1. The molecule has 4 nitrogen and oxygen atoms in total. The van der Waals surface area contributed by atoms with E-state index < -0.39 is 11.6 Å². The maximum atomic E-state index is 13.7. The second-order valence-corrected chi connectivity index (χ2v) is 8.25. The van der Waals surface area contributed by atoms with Gasteiger partial charge in [-0.15, -0.1) is 0 Å². The third-order valence-electron chi connectivity index (χ3n) is 6.29. The van der Waals surface area contributed by atoms with E-state index in [-0.39, 0.29) is 5.91 Å². The van der Waals surface area contributed by atoms with Gasteiger partial charge in [-0.2, -0.15) is 0 Å². The van der Waals surface area contributed by atoms with Crippen molar-refractivity contribution in [3.8, 4) is 0 Å². The third-order valence-corrected chi connectivity index (χ3v) is 6.29. The lowest BCUT2D eigenvalue weighted by Crippen LogP contribution is -2.34. The minimum atomic E-state index is -0.850. The number of carbonyl (C=O) groups excluding carboxylic acids is 1. The first-order valence-electron chi connectivity index (χ1n) is 10.7. The minimum Gasteiger partial charge on any atom is -0.349 e. The predicted molar refractivity (Wildman–Crippen MR) is 109 cm³/mol. The fourth-order valence-corrected chi connectivity index (χ4v) is 4.78. The molecule has 2 aliphatic rings. The number of hydrogen-bond acceptors (Lipinski definition) is 2. The Morgan fingerprint density at radius 1 is 1.07 bits per heavy atom. The summed E-state index contributed by atoms with van der Waals surface area (Å²) in [5.74, 6) is -1.77. The van der Waals surface area contributed by atoms with Crippen molar-refractivity contribution in [2.75, 3.05) is 26.2 Å². The van der Waals surface area contributed by atoms with Crippen molar-refractivity contribution in [2.24, 2.45) is 0 Å². The van der Waals surface area contributed by atoms with Gasteiger partial charge in [0.15, 0.2) is 11.6 Å². The van der Waals surface area contributed by atoms with E-state index in [2.05, 4.69) is 10.2 Å². The summed E-state index contributed by atoms with van der Waals surface area (Å²) in [7, 11) is 0. The van der Waals surface area contributed by atoms with Gasteiger partial charge >= 0.3 is 0 Å². The van der Waals surface area contributed by atoms with Gasteiger partial charge in [0.25, 0.3) is 5.91 Å². The number of aromatic nitrogens is 1. The SMILES string of the molecule is Cc1c2c(n(Cc3ccc(F)c(F)c3)c1C(=O)NCCN1CCCC1)CCCC2. The molecule has 4 rings (SSSR count). The van der Waals surface area contributed by atoms with Gasteiger partial charge in [0.2, 0.25) is 0 Å². The van der Waals surface area contributed by atoms with Crippen LogP contribution in [0.4, 0.5) is 8.78 Å². The average Bonchev–Trinajstić information content (AvgIpc) is 3.32. The fourth-order valence-electron chi connectivity index (χ4n) is 4.78. The maximum Gasteiger partial charge on any atom is 0.268 e. The number of rotatable bonds is 6. The van der Waals surface area contributed by atoms with Crippen molar-refractivity contribution >= 4 is 5.91 Å². The quantitative estimate of drug-likeness (QED) is 0.799. The highest BCUT2D eigenvalue weighted by Gasteiger charge is 2.26. The van der Waals surface area contributed by atoms with Crippen molar-refractivity contribution in [3.63, 3.8) is 0 Å². The summed E-state index contributed by atoms with van der Waals surface area (Å²) in [4.78, 5) is 15.5. The zero-order valence-corrected chi connectivity index (χ0v) is 17.1. The Kier molecular flexibility index (Phi) is 5.99. The van der Waals surface area contributed by atoms with Crippen LogP contribution in [0.5, 0.6) is 0 Å². The molecule has 1 amide bonds. The van der Waals surface area contributed by atoms with E-state index in [0.29, 0.717) is 24.3 Å². The Morgan fingerprint density at radius 3 is 2.59 bits per heavy atom. The Bertz CT molecular complexity index is 900. The molecule has 1 saturated heterocycles. The van der Waals surface area contributed by atoms with Gasteiger partial charge < -0.3 is 14.8 Å². The smallest absolute Gasteiger partial charge is 0.268 e. The number of benzene rings is 1. The van der Waals surface area contributed by atoms with Gasteiger partial charge in [0.05, 0.1) is 0 Å². The topological polar surface area (TPSA) is 37.3 Å². The molecule has 1 aromatic heterocycles. The average molecular weight is 402 g/mol. The molecule has 1 aromatic carbocycles. The van der Waals surface area contributed by atoms with Crippen LogP contribution in [0, 0.1) is 18.6 Å². The van der Waals surface area contributed by atoms with Gasteiger partial charge in [-0.25, -0.2) is 8.78 Å². The molecule has 156 valence electrons. The second kappa shape index (κ2) is 8.66. The van der Waals surface area contributed by atoms with Crippen LogP contribution in [0.15, 0.2) is 18.2 Å². The molecule has 0 unspecified atom stereocenters. The first-order chi connectivity index (χ1) is 14.0. The van der Waals surface area contributed by atoms with Crippen molar-refractivity contribution in [1.82, 2.24) is 14.8 Å². The number of nitrogens with zero attached hydrogens (tertiary/aromatic N) is 2. The molecule has 0 spiro atoms. The largest absolute Gasteiger partial charge is 0.349 e. The first-order valence-corrected chi connectivity index (χ1v) is 10.7. The molecule has 0 atom stereocenters. The molecule has 1 aliphatic carbocycles. The lowest BCUT2D eigenvalue weighted by atomic mass is 9.95. The molecular weight excluding hydrogens is 372 g/mol. The maximum absolute atomic E-state index is 13.7. The summed E-state index contributed by atoms with van der Waals surface area (Å²) in [5.41, 5.74) is 4.79. The van der Waals surface area contributed by atoms with Crippen molar-refractivity contribution in [3.05, 3.63) is 57.9 Å². The van der Waals surface area contributed by atoms with Crippen LogP contribution in [0.25, 0.3) is 0 Å². The van der Waals surface area contributed by atoms with Crippen LogP contribution in [0.2, 0.25) is 0 Å². The van der Waals surface area contributed by atoms with E-state index in [1.165, 1.54) is 30.2 Å². The van der Waals surface area contributed by atoms with E-state index in [1.807, 2.05) is 11.5 Å². The number of nitrogens with one attached hydrogen (secondary N) is 1. The molecule has 0 radical (unpaired) electrons. The van der Waals surface area contributed by atoms with Crippen LogP contribution in [-0.2, 0) is 19.4 Å². The standard InChI is InChI=1S/C23H29F2N3O/c1-16-18-6-2-3-7-21(18)28(15-17-8-9-19(24)20(25)14-17)22(16)23(29)26-10-13-27-11-4-5-12-27/h8-9,14H,2-7,10-13,15H2,1H3,(H,26,29). The molecule has 0 bridgehead atoms. The van der Waals surface area contributed by atoms with E-state index in [9.17, 15) is 13.6 Å². The highest BCUT2D eigenvalue weighted by atomic mass is 19.2. The number of fused-ring (bicyclic) bond motifs is 1. The van der Waals surface area contributed by atoms with E-state index in [0.717, 1.165) is 56.9 Å². The van der Waals surface area contributed by atoms with Crippen molar-refractivity contribution in [2.45, 2.75) is 52.0 Å². The normalized spacial score (nSPS) is 16.8. The zero-order chi connectivity index (χ0) is 20.4. The molecule has 1 aliphatic heterocycles. The lowest BCUT2D eigenvalue weighted by Gasteiger charge is -2.18. The number of likely N-dealkylation sites (tertiary alicyclic amines) is 1. The lowest BCUT2D eigenvalue weighted by molar-refractivity contribution is 0.0940. The van der Waals surface area contributed by atoms with Gasteiger partial charge in [-0.3, -0.25) is 4.79 Å². The molecule has 1 fully saturated rings. The van der Waals surface area contributed by atoms with E-state index in [1.54, 1.807) is 6.07 Å². The molecule has 6 heteroatoms. The Hall–Kier alpha value is -2.21. The van der Waals surface area contributed by atoms with Crippen LogP contribution in [0.3, 0.4) is 0 Å². The van der Waals surface area contributed by atoms with Gasteiger partial charge in [0, 0.05) is 25.3 Å².